The number of nitrogens with one attached hydrogen (secondary N) is 2. The Morgan fingerprint density at radius 2 is 2.16 bits per heavy atom. The highest BCUT2D eigenvalue weighted by Gasteiger charge is 2.27. The number of ether oxygens (including phenoxy) is 2. The number of hydrogen-bond acceptors (Lipinski definition) is 6. The predicted molar refractivity (Wildman–Crippen MR) is 96.0 cm³/mol. The standard InChI is InChI=1S/C16H23N3O5.ClH/c1-4-24-15-9-13(19(21)22)12(8-14(15)23-3)16(20)18-11-5-6-17-10(2)7-11;/h8-11,17H,4-7H2,1-3H3,(H,18,20);1H. The summed E-state index contributed by atoms with van der Waals surface area (Å²) in [6, 6.07) is 2.89. The van der Waals surface area contributed by atoms with Gasteiger partial charge in [-0.1, -0.05) is 0 Å². The monoisotopic (exact) mass is 373 g/mol. The quantitative estimate of drug-likeness (QED) is 0.585. The van der Waals surface area contributed by atoms with Crippen molar-refractivity contribution in [2.75, 3.05) is 20.3 Å². The first-order chi connectivity index (χ1) is 11.5. The van der Waals surface area contributed by atoms with Crippen LogP contribution in [0.1, 0.15) is 37.0 Å². The minimum absolute atomic E-state index is 0. The lowest BCUT2D eigenvalue weighted by atomic mass is 10.00. The molecule has 0 spiro atoms. The molecule has 0 bridgehead atoms. The largest absolute Gasteiger partial charge is 0.493 e. The van der Waals surface area contributed by atoms with Crippen molar-refractivity contribution in [3.8, 4) is 11.5 Å². The van der Waals surface area contributed by atoms with Gasteiger partial charge in [0, 0.05) is 18.2 Å². The number of nitro benzene ring substituents is 1. The molecule has 1 aliphatic rings. The number of rotatable bonds is 6. The molecule has 0 saturated carbocycles. The molecule has 1 aromatic rings. The van der Waals surface area contributed by atoms with Crippen LogP contribution in [-0.2, 0) is 0 Å². The zero-order valence-electron chi connectivity index (χ0n) is 14.5. The smallest absolute Gasteiger partial charge is 0.286 e. The van der Waals surface area contributed by atoms with Crippen LogP contribution in [0.15, 0.2) is 12.1 Å². The molecule has 1 fully saturated rings. The van der Waals surface area contributed by atoms with Crippen LogP contribution in [-0.4, -0.2) is 43.2 Å². The molecule has 1 saturated heterocycles. The Bertz CT molecular complexity index is 626. The Morgan fingerprint density at radius 3 is 2.72 bits per heavy atom. The average Bonchev–Trinajstić information content (AvgIpc) is 2.54. The Hall–Kier alpha value is -2.06. The van der Waals surface area contributed by atoms with E-state index in [-0.39, 0.29) is 35.4 Å². The highest BCUT2D eigenvalue weighted by Crippen LogP contribution is 2.34. The summed E-state index contributed by atoms with van der Waals surface area (Å²) in [6.07, 6.45) is 1.58. The SMILES string of the molecule is CCOc1cc([N+](=O)[O-])c(C(=O)NC2CCNC(C)C2)cc1OC.Cl. The summed E-state index contributed by atoms with van der Waals surface area (Å²) in [5.74, 6) is 0.0761. The topological polar surface area (TPSA) is 103 Å². The molecule has 1 amide bonds. The summed E-state index contributed by atoms with van der Waals surface area (Å²) < 4.78 is 10.5. The molecule has 1 aliphatic heterocycles. The van der Waals surface area contributed by atoms with E-state index in [4.69, 9.17) is 9.47 Å². The third-order valence-electron chi connectivity index (χ3n) is 3.98. The molecule has 0 radical (unpaired) electrons. The molecule has 1 heterocycles. The third-order valence-corrected chi connectivity index (χ3v) is 3.98. The van der Waals surface area contributed by atoms with Gasteiger partial charge in [0.1, 0.15) is 5.56 Å². The molecule has 1 aromatic carbocycles. The van der Waals surface area contributed by atoms with E-state index >= 15 is 0 Å². The summed E-state index contributed by atoms with van der Waals surface area (Å²) in [7, 11) is 1.43. The lowest BCUT2D eigenvalue weighted by molar-refractivity contribution is -0.385. The molecule has 0 aliphatic carbocycles. The summed E-state index contributed by atoms with van der Waals surface area (Å²) in [6.45, 7) is 4.96. The summed E-state index contributed by atoms with van der Waals surface area (Å²) in [5, 5.41) is 17.5. The number of halogens is 1. The number of hydrogen-bond donors (Lipinski definition) is 2. The fourth-order valence-corrected chi connectivity index (χ4v) is 2.84. The van der Waals surface area contributed by atoms with Gasteiger partial charge in [0.15, 0.2) is 11.5 Å². The molecule has 2 N–H and O–H groups in total. The highest BCUT2D eigenvalue weighted by molar-refractivity contribution is 5.99. The zero-order valence-corrected chi connectivity index (χ0v) is 15.4. The molecular weight excluding hydrogens is 350 g/mol. The minimum atomic E-state index is -0.581. The van der Waals surface area contributed by atoms with Crippen LogP contribution in [0.3, 0.4) is 0 Å². The van der Waals surface area contributed by atoms with Gasteiger partial charge in [-0.2, -0.15) is 0 Å². The van der Waals surface area contributed by atoms with Crippen molar-refractivity contribution in [3.63, 3.8) is 0 Å². The van der Waals surface area contributed by atoms with Crippen LogP contribution in [0.5, 0.6) is 11.5 Å². The van der Waals surface area contributed by atoms with Crippen molar-refractivity contribution >= 4 is 24.0 Å². The number of piperidine rings is 1. The van der Waals surface area contributed by atoms with Gasteiger partial charge in [-0.05, 0) is 33.2 Å². The Kier molecular flexibility index (Phi) is 7.92. The minimum Gasteiger partial charge on any atom is -0.493 e. The number of benzene rings is 1. The van der Waals surface area contributed by atoms with Crippen molar-refractivity contribution in [1.29, 1.82) is 0 Å². The van der Waals surface area contributed by atoms with E-state index in [0.717, 1.165) is 19.4 Å². The van der Waals surface area contributed by atoms with Crippen LogP contribution in [0.25, 0.3) is 0 Å². The van der Waals surface area contributed by atoms with E-state index in [2.05, 4.69) is 10.6 Å². The van der Waals surface area contributed by atoms with Crippen molar-refractivity contribution in [3.05, 3.63) is 27.8 Å². The second-order valence-corrected chi connectivity index (χ2v) is 5.76. The molecular formula is C16H24ClN3O5. The molecule has 8 nitrogen and oxygen atoms in total. The molecule has 9 heteroatoms. The molecule has 0 aromatic heterocycles. The number of nitrogens with zero attached hydrogens (tertiary/aromatic N) is 1. The van der Waals surface area contributed by atoms with Crippen molar-refractivity contribution < 1.29 is 19.2 Å². The second kappa shape index (κ2) is 9.43. The molecule has 2 atom stereocenters. The van der Waals surface area contributed by atoms with E-state index in [9.17, 15) is 14.9 Å². The van der Waals surface area contributed by atoms with Crippen LogP contribution in [0, 0.1) is 10.1 Å². The third kappa shape index (κ3) is 5.20. The first-order valence-electron chi connectivity index (χ1n) is 7.99. The highest BCUT2D eigenvalue weighted by atomic mass is 35.5. The van der Waals surface area contributed by atoms with Gasteiger partial charge in [0.05, 0.1) is 24.7 Å². The fourth-order valence-electron chi connectivity index (χ4n) is 2.84. The maximum Gasteiger partial charge on any atom is 0.286 e. The van der Waals surface area contributed by atoms with Crippen molar-refractivity contribution in [2.24, 2.45) is 0 Å². The van der Waals surface area contributed by atoms with E-state index < -0.39 is 10.8 Å². The second-order valence-electron chi connectivity index (χ2n) is 5.76. The lowest BCUT2D eigenvalue weighted by Gasteiger charge is -2.28. The van der Waals surface area contributed by atoms with Crippen LogP contribution in [0.4, 0.5) is 5.69 Å². The lowest BCUT2D eigenvalue weighted by Crippen LogP contribution is -2.46. The van der Waals surface area contributed by atoms with E-state index in [1.807, 2.05) is 6.92 Å². The van der Waals surface area contributed by atoms with E-state index in [1.54, 1.807) is 6.92 Å². The fraction of sp³-hybridized carbons (Fsp3) is 0.562. The molecule has 2 rings (SSSR count). The summed E-state index contributed by atoms with van der Waals surface area (Å²) in [5.41, 5.74) is -0.315. The van der Waals surface area contributed by atoms with Gasteiger partial charge >= 0.3 is 0 Å². The molecule has 140 valence electrons. The van der Waals surface area contributed by atoms with Gasteiger partial charge in [0.25, 0.3) is 11.6 Å². The Labute approximate surface area is 152 Å². The van der Waals surface area contributed by atoms with Crippen molar-refractivity contribution in [1.82, 2.24) is 10.6 Å². The number of methoxy groups -OCH3 is 1. The van der Waals surface area contributed by atoms with Gasteiger partial charge in [-0.25, -0.2) is 0 Å². The van der Waals surface area contributed by atoms with E-state index in [0.29, 0.717) is 18.4 Å². The maximum atomic E-state index is 12.5. The van der Waals surface area contributed by atoms with Crippen LogP contribution < -0.4 is 20.1 Å². The first-order valence-corrected chi connectivity index (χ1v) is 7.99. The zero-order chi connectivity index (χ0) is 17.7. The summed E-state index contributed by atoms with van der Waals surface area (Å²) in [4.78, 5) is 23.3. The van der Waals surface area contributed by atoms with Gasteiger partial charge in [-0.15, -0.1) is 12.4 Å². The van der Waals surface area contributed by atoms with Gasteiger partial charge in [-0.3, -0.25) is 14.9 Å². The number of carbonyl (C=O) groups is 1. The summed E-state index contributed by atoms with van der Waals surface area (Å²) >= 11 is 0. The average molecular weight is 374 g/mol. The Balaban J connectivity index is 0.00000312. The normalized spacial score (nSPS) is 19.5. The number of amides is 1. The van der Waals surface area contributed by atoms with Crippen LogP contribution >= 0.6 is 12.4 Å². The molecule has 25 heavy (non-hydrogen) atoms. The van der Waals surface area contributed by atoms with E-state index in [1.165, 1.54) is 19.2 Å². The predicted octanol–water partition coefficient (Wildman–Crippen LogP) is 2.29. The Morgan fingerprint density at radius 1 is 1.44 bits per heavy atom. The molecule has 2 unspecified atom stereocenters. The number of nitro groups is 1. The van der Waals surface area contributed by atoms with Gasteiger partial charge in [0.2, 0.25) is 0 Å². The number of carbonyl (C=O) groups excluding carboxylic acids is 1. The van der Waals surface area contributed by atoms with Crippen LogP contribution in [0.2, 0.25) is 0 Å². The first kappa shape index (κ1) is 21.0. The van der Waals surface area contributed by atoms with Gasteiger partial charge < -0.3 is 20.1 Å². The maximum absolute atomic E-state index is 12.5. The van der Waals surface area contributed by atoms with Crippen molar-refractivity contribution in [2.45, 2.75) is 38.8 Å².